The number of hydrogen-bond donors (Lipinski definition) is 0. The van der Waals surface area contributed by atoms with E-state index in [2.05, 4.69) is 34.4 Å². The van der Waals surface area contributed by atoms with Gasteiger partial charge in [0.1, 0.15) is 0 Å². The summed E-state index contributed by atoms with van der Waals surface area (Å²) in [6.07, 6.45) is 1.64. The Kier molecular flexibility index (Phi) is 2.43. The maximum Gasteiger partial charge on any atom is 0.235 e. The summed E-state index contributed by atoms with van der Waals surface area (Å²) in [6.45, 7) is 2.06. The summed E-state index contributed by atoms with van der Waals surface area (Å²) in [4.78, 5) is 0.756. The standard InChI is InChI=1S/C14H10N4OS/c1-9-4-6-10(7-5-9)12-15-16-14-18(12)17-13(20-14)11-3-2-8-19-11/h2-8H,1H3. The zero-order valence-electron chi connectivity index (χ0n) is 10.6. The summed E-state index contributed by atoms with van der Waals surface area (Å²) in [5, 5.41) is 13.7. The lowest BCUT2D eigenvalue weighted by Gasteiger charge is -1.97. The van der Waals surface area contributed by atoms with Gasteiger partial charge in [-0.3, -0.25) is 0 Å². The lowest BCUT2D eigenvalue weighted by Crippen LogP contribution is -1.90. The van der Waals surface area contributed by atoms with Gasteiger partial charge in [0, 0.05) is 5.56 Å². The monoisotopic (exact) mass is 282 g/mol. The Balaban J connectivity index is 1.86. The lowest BCUT2D eigenvalue weighted by atomic mass is 10.1. The predicted octanol–water partition coefficient (Wildman–Crippen LogP) is 3.42. The molecule has 0 bridgehead atoms. The minimum absolute atomic E-state index is 0.744. The average molecular weight is 282 g/mol. The molecule has 5 nitrogen and oxygen atoms in total. The van der Waals surface area contributed by atoms with Crippen LogP contribution in [0.2, 0.25) is 0 Å². The van der Waals surface area contributed by atoms with Crippen molar-refractivity contribution in [3.8, 4) is 22.2 Å². The van der Waals surface area contributed by atoms with Gasteiger partial charge >= 0.3 is 0 Å². The minimum Gasteiger partial charge on any atom is -0.462 e. The van der Waals surface area contributed by atoms with Gasteiger partial charge in [-0.05, 0) is 19.1 Å². The van der Waals surface area contributed by atoms with E-state index in [0.717, 1.165) is 27.1 Å². The molecule has 0 saturated carbocycles. The molecule has 98 valence electrons. The molecule has 0 unspecified atom stereocenters. The normalized spacial score (nSPS) is 11.2. The topological polar surface area (TPSA) is 56.2 Å². The highest BCUT2D eigenvalue weighted by atomic mass is 32.1. The van der Waals surface area contributed by atoms with Crippen molar-refractivity contribution in [1.29, 1.82) is 0 Å². The summed E-state index contributed by atoms with van der Waals surface area (Å²) in [6, 6.07) is 11.9. The Labute approximate surface area is 118 Å². The number of fused-ring (bicyclic) bond motifs is 1. The Morgan fingerprint density at radius 1 is 1.10 bits per heavy atom. The molecule has 20 heavy (non-hydrogen) atoms. The van der Waals surface area contributed by atoms with Crippen molar-refractivity contribution in [2.75, 3.05) is 0 Å². The van der Waals surface area contributed by atoms with Crippen LogP contribution >= 0.6 is 11.3 Å². The highest BCUT2D eigenvalue weighted by molar-refractivity contribution is 7.19. The van der Waals surface area contributed by atoms with Crippen molar-refractivity contribution in [3.63, 3.8) is 0 Å². The van der Waals surface area contributed by atoms with Gasteiger partial charge in [-0.25, -0.2) is 0 Å². The zero-order valence-corrected chi connectivity index (χ0v) is 11.5. The van der Waals surface area contributed by atoms with Crippen LogP contribution in [-0.4, -0.2) is 19.8 Å². The molecular formula is C14H10N4OS. The van der Waals surface area contributed by atoms with Gasteiger partial charge in [0.25, 0.3) is 0 Å². The van der Waals surface area contributed by atoms with Crippen molar-refractivity contribution in [1.82, 2.24) is 19.8 Å². The summed E-state index contributed by atoms with van der Waals surface area (Å²) >= 11 is 1.46. The molecule has 0 atom stereocenters. The second kappa shape index (κ2) is 4.28. The van der Waals surface area contributed by atoms with Crippen LogP contribution < -0.4 is 0 Å². The van der Waals surface area contributed by atoms with E-state index in [1.54, 1.807) is 10.8 Å². The van der Waals surface area contributed by atoms with Crippen LogP contribution in [0.15, 0.2) is 47.1 Å². The number of aromatic nitrogens is 4. The number of nitrogens with zero attached hydrogens (tertiary/aromatic N) is 4. The van der Waals surface area contributed by atoms with E-state index in [0.29, 0.717) is 0 Å². The molecule has 0 N–H and O–H groups in total. The Hall–Kier alpha value is -2.47. The van der Waals surface area contributed by atoms with E-state index in [-0.39, 0.29) is 0 Å². The van der Waals surface area contributed by atoms with Crippen LogP contribution in [0.25, 0.3) is 27.1 Å². The van der Waals surface area contributed by atoms with Crippen LogP contribution in [0.1, 0.15) is 5.56 Å². The van der Waals surface area contributed by atoms with Gasteiger partial charge in [0.05, 0.1) is 6.26 Å². The Morgan fingerprint density at radius 2 is 1.95 bits per heavy atom. The fourth-order valence-corrected chi connectivity index (χ4v) is 2.81. The second-order valence-corrected chi connectivity index (χ2v) is 5.42. The first-order valence-electron chi connectivity index (χ1n) is 6.14. The molecule has 0 radical (unpaired) electrons. The zero-order chi connectivity index (χ0) is 13.5. The molecule has 1 aromatic carbocycles. The van der Waals surface area contributed by atoms with Gasteiger partial charge in [0.2, 0.25) is 4.96 Å². The smallest absolute Gasteiger partial charge is 0.235 e. The van der Waals surface area contributed by atoms with E-state index >= 15 is 0 Å². The third-order valence-corrected chi connectivity index (χ3v) is 3.95. The van der Waals surface area contributed by atoms with Crippen LogP contribution in [0, 0.1) is 6.92 Å². The summed E-state index contributed by atoms with van der Waals surface area (Å²) in [5.41, 5.74) is 2.21. The van der Waals surface area contributed by atoms with Crippen LogP contribution in [-0.2, 0) is 0 Å². The molecule has 0 amide bonds. The van der Waals surface area contributed by atoms with Gasteiger partial charge in [0.15, 0.2) is 16.6 Å². The quantitative estimate of drug-likeness (QED) is 0.565. The maximum absolute atomic E-state index is 5.37. The highest BCUT2D eigenvalue weighted by Gasteiger charge is 2.15. The molecular weight excluding hydrogens is 272 g/mol. The minimum atomic E-state index is 0.744. The van der Waals surface area contributed by atoms with Crippen molar-refractivity contribution < 1.29 is 4.42 Å². The molecule has 0 aliphatic heterocycles. The van der Waals surface area contributed by atoms with Gasteiger partial charge in [-0.1, -0.05) is 41.2 Å². The lowest BCUT2D eigenvalue weighted by molar-refractivity contribution is 0.580. The number of furan rings is 1. The molecule has 0 spiro atoms. The van der Waals surface area contributed by atoms with E-state index in [9.17, 15) is 0 Å². The molecule has 0 aliphatic rings. The molecule has 0 saturated heterocycles. The molecule has 4 aromatic rings. The average Bonchev–Trinajstić information content (AvgIpc) is 3.15. The Morgan fingerprint density at radius 3 is 2.70 bits per heavy atom. The first-order chi connectivity index (χ1) is 9.81. The van der Waals surface area contributed by atoms with Gasteiger partial charge < -0.3 is 4.42 Å². The second-order valence-electron chi connectivity index (χ2n) is 4.47. The fraction of sp³-hybridized carbons (Fsp3) is 0.0714. The van der Waals surface area contributed by atoms with Crippen LogP contribution in [0.5, 0.6) is 0 Å². The molecule has 6 heteroatoms. The molecule has 3 aromatic heterocycles. The van der Waals surface area contributed by atoms with Crippen LogP contribution in [0.4, 0.5) is 0 Å². The maximum atomic E-state index is 5.37. The third kappa shape index (κ3) is 1.73. The molecule has 0 fully saturated rings. The largest absolute Gasteiger partial charge is 0.462 e. The molecule has 4 rings (SSSR count). The fourth-order valence-electron chi connectivity index (χ4n) is 2.00. The number of aryl methyl sites for hydroxylation is 1. The summed E-state index contributed by atoms with van der Waals surface area (Å²) in [5.74, 6) is 1.49. The number of rotatable bonds is 2. The number of hydrogen-bond acceptors (Lipinski definition) is 5. The van der Waals surface area contributed by atoms with Gasteiger partial charge in [-0.15, -0.1) is 15.3 Å². The van der Waals surface area contributed by atoms with Gasteiger partial charge in [-0.2, -0.15) is 4.52 Å². The van der Waals surface area contributed by atoms with Crippen LogP contribution in [0.3, 0.4) is 0 Å². The third-order valence-electron chi connectivity index (χ3n) is 3.03. The van der Waals surface area contributed by atoms with E-state index in [1.807, 2.05) is 24.3 Å². The van der Waals surface area contributed by atoms with E-state index in [1.165, 1.54) is 16.9 Å². The molecule has 3 heterocycles. The first kappa shape index (κ1) is 11.4. The Bertz CT molecular complexity index is 859. The van der Waals surface area contributed by atoms with E-state index < -0.39 is 0 Å². The van der Waals surface area contributed by atoms with Crippen molar-refractivity contribution in [2.45, 2.75) is 6.92 Å². The van der Waals surface area contributed by atoms with Crippen molar-refractivity contribution in [2.24, 2.45) is 0 Å². The van der Waals surface area contributed by atoms with E-state index in [4.69, 9.17) is 4.42 Å². The first-order valence-corrected chi connectivity index (χ1v) is 6.96. The number of benzene rings is 1. The summed E-state index contributed by atoms with van der Waals surface area (Å²) in [7, 11) is 0. The van der Waals surface area contributed by atoms with Crippen molar-refractivity contribution >= 4 is 16.3 Å². The predicted molar refractivity (Wildman–Crippen MR) is 76.5 cm³/mol. The molecule has 0 aliphatic carbocycles. The highest BCUT2D eigenvalue weighted by Crippen LogP contribution is 2.28. The summed E-state index contributed by atoms with van der Waals surface area (Å²) < 4.78 is 7.12. The van der Waals surface area contributed by atoms with Crippen molar-refractivity contribution in [3.05, 3.63) is 48.2 Å². The SMILES string of the molecule is Cc1ccc(-c2nnc3sc(-c4ccco4)nn23)cc1.